The molecule has 1 aromatic rings. The standard InChI is InChI=1S/C14H19NO/c1-16-13-4-2-3-10(7-13)14-8-11(14)9-15-12-5-6-12/h2-4,7,11-12,14-15H,5-6,8-9H2,1H3. The van der Waals surface area contributed by atoms with Crippen LogP contribution in [0.25, 0.3) is 0 Å². The molecule has 2 heteroatoms. The van der Waals surface area contributed by atoms with Crippen LogP contribution >= 0.6 is 0 Å². The minimum Gasteiger partial charge on any atom is -0.497 e. The largest absolute Gasteiger partial charge is 0.497 e. The number of methoxy groups -OCH3 is 1. The lowest BCUT2D eigenvalue weighted by Gasteiger charge is -2.04. The van der Waals surface area contributed by atoms with Crippen LogP contribution in [0.3, 0.4) is 0 Å². The van der Waals surface area contributed by atoms with Crippen molar-refractivity contribution in [2.75, 3.05) is 13.7 Å². The van der Waals surface area contributed by atoms with Crippen molar-refractivity contribution in [3.63, 3.8) is 0 Å². The Hall–Kier alpha value is -1.02. The zero-order valence-corrected chi connectivity index (χ0v) is 9.78. The first-order chi connectivity index (χ1) is 7.86. The van der Waals surface area contributed by atoms with E-state index in [1.165, 1.54) is 31.4 Å². The van der Waals surface area contributed by atoms with Gasteiger partial charge in [-0.15, -0.1) is 0 Å². The van der Waals surface area contributed by atoms with E-state index in [0.717, 1.165) is 23.6 Å². The van der Waals surface area contributed by atoms with Gasteiger partial charge in [0, 0.05) is 6.04 Å². The molecule has 2 unspecified atom stereocenters. The Morgan fingerprint density at radius 2 is 2.25 bits per heavy atom. The van der Waals surface area contributed by atoms with Crippen LogP contribution in [0.1, 0.15) is 30.7 Å². The van der Waals surface area contributed by atoms with Crippen LogP contribution in [0, 0.1) is 5.92 Å². The summed E-state index contributed by atoms with van der Waals surface area (Å²) >= 11 is 0. The van der Waals surface area contributed by atoms with Gasteiger partial charge in [-0.05, 0) is 55.3 Å². The minimum atomic E-state index is 0.765. The van der Waals surface area contributed by atoms with Crippen molar-refractivity contribution in [1.29, 1.82) is 0 Å². The van der Waals surface area contributed by atoms with Gasteiger partial charge in [-0.25, -0.2) is 0 Å². The molecule has 0 aromatic heterocycles. The molecule has 3 rings (SSSR count). The van der Waals surface area contributed by atoms with E-state index in [4.69, 9.17) is 4.74 Å². The van der Waals surface area contributed by atoms with E-state index in [2.05, 4.69) is 23.5 Å². The van der Waals surface area contributed by atoms with E-state index >= 15 is 0 Å². The maximum absolute atomic E-state index is 5.26. The highest BCUT2D eigenvalue weighted by atomic mass is 16.5. The Morgan fingerprint density at radius 3 is 3.00 bits per heavy atom. The second kappa shape index (κ2) is 4.10. The molecule has 0 spiro atoms. The van der Waals surface area contributed by atoms with Gasteiger partial charge in [-0.1, -0.05) is 12.1 Å². The Morgan fingerprint density at radius 1 is 1.38 bits per heavy atom. The quantitative estimate of drug-likeness (QED) is 0.818. The highest BCUT2D eigenvalue weighted by Gasteiger charge is 2.38. The molecule has 0 aliphatic heterocycles. The summed E-state index contributed by atoms with van der Waals surface area (Å²) in [5.41, 5.74) is 1.45. The van der Waals surface area contributed by atoms with Crippen molar-refractivity contribution in [2.24, 2.45) is 5.92 Å². The lowest BCUT2D eigenvalue weighted by molar-refractivity contribution is 0.414. The Bertz CT molecular complexity index is 373. The van der Waals surface area contributed by atoms with Gasteiger partial charge in [-0.2, -0.15) is 0 Å². The smallest absolute Gasteiger partial charge is 0.119 e. The molecule has 86 valence electrons. The Balaban J connectivity index is 1.56. The van der Waals surface area contributed by atoms with E-state index in [-0.39, 0.29) is 0 Å². The van der Waals surface area contributed by atoms with Gasteiger partial charge in [0.05, 0.1) is 7.11 Å². The third-order valence-corrected chi connectivity index (χ3v) is 3.69. The molecular formula is C14H19NO. The predicted octanol–water partition coefficient (Wildman–Crippen LogP) is 2.55. The van der Waals surface area contributed by atoms with Crippen LogP contribution in [0.2, 0.25) is 0 Å². The van der Waals surface area contributed by atoms with Gasteiger partial charge in [0.15, 0.2) is 0 Å². The molecule has 1 N–H and O–H groups in total. The molecule has 0 radical (unpaired) electrons. The monoisotopic (exact) mass is 217 g/mol. The zero-order valence-electron chi connectivity index (χ0n) is 9.78. The Kier molecular flexibility index (Phi) is 2.60. The zero-order chi connectivity index (χ0) is 11.0. The fraction of sp³-hybridized carbons (Fsp3) is 0.571. The summed E-state index contributed by atoms with van der Waals surface area (Å²) in [7, 11) is 1.73. The van der Waals surface area contributed by atoms with Crippen LogP contribution < -0.4 is 10.1 Å². The van der Waals surface area contributed by atoms with E-state index in [0.29, 0.717) is 0 Å². The first-order valence-electron chi connectivity index (χ1n) is 6.24. The molecule has 0 heterocycles. The van der Waals surface area contributed by atoms with E-state index in [9.17, 15) is 0 Å². The average molecular weight is 217 g/mol. The number of benzene rings is 1. The molecule has 2 nitrogen and oxygen atoms in total. The molecule has 16 heavy (non-hydrogen) atoms. The molecule has 0 saturated heterocycles. The summed E-state index contributed by atoms with van der Waals surface area (Å²) < 4.78 is 5.26. The fourth-order valence-electron chi connectivity index (χ4n) is 2.36. The van der Waals surface area contributed by atoms with Crippen molar-refractivity contribution in [1.82, 2.24) is 5.32 Å². The molecule has 2 aliphatic carbocycles. The SMILES string of the molecule is COc1cccc(C2CC2CNC2CC2)c1. The molecule has 2 saturated carbocycles. The first-order valence-corrected chi connectivity index (χ1v) is 6.24. The van der Waals surface area contributed by atoms with Crippen molar-refractivity contribution >= 4 is 0 Å². The summed E-state index contributed by atoms with van der Waals surface area (Å²) in [6.45, 7) is 1.20. The summed E-state index contributed by atoms with van der Waals surface area (Å²) in [5.74, 6) is 2.60. The van der Waals surface area contributed by atoms with Gasteiger partial charge < -0.3 is 10.1 Å². The van der Waals surface area contributed by atoms with E-state index in [1.807, 2.05) is 6.07 Å². The lowest BCUT2D eigenvalue weighted by Crippen LogP contribution is -2.19. The van der Waals surface area contributed by atoms with E-state index in [1.54, 1.807) is 7.11 Å². The molecule has 2 aliphatic rings. The molecule has 1 aromatic carbocycles. The highest BCUT2D eigenvalue weighted by molar-refractivity contribution is 5.34. The van der Waals surface area contributed by atoms with Gasteiger partial charge in [0.25, 0.3) is 0 Å². The van der Waals surface area contributed by atoms with Crippen LogP contribution in [0.4, 0.5) is 0 Å². The van der Waals surface area contributed by atoms with Crippen molar-refractivity contribution in [2.45, 2.75) is 31.2 Å². The van der Waals surface area contributed by atoms with Gasteiger partial charge in [-0.3, -0.25) is 0 Å². The Labute approximate surface area is 97.0 Å². The van der Waals surface area contributed by atoms with Crippen LogP contribution in [-0.2, 0) is 0 Å². The van der Waals surface area contributed by atoms with E-state index < -0.39 is 0 Å². The predicted molar refractivity (Wildman–Crippen MR) is 64.9 cm³/mol. The molecule has 0 bridgehead atoms. The maximum Gasteiger partial charge on any atom is 0.119 e. The highest BCUT2D eigenvalue weighted by Crippen LogP contribution is 2.47. The van der Waals surface area contributed by atoms with Crippen molar-refractivity contribution < 1.29 is 4.74 Å². The molecule has 2 atom stereocenters. The summed E-state index contributed by atoms with van der Waals surface area (Å²) in [6, 6.07) is 9.36. The van der Waals surface area contributed by atoms with Crippen LogP contribution in [0.15, 0.2) is 24.3 Å². The number of nitrogens with one attached hydrogen (secondary N) is 1. The van der Waals surface area contributed by atoms with Gasteiger partial charge >= 0.3 is 0 Å². The molecule has 2 fully saturated rings. The van der Waals surface area contributed by atoms with Gasteiger partial charge in [0.1, 0.15) is 5.75 Å². The summed E-state index contributed by atoms with van der Waals surface area (Å²) in [6.07, 6.45) is 4.11. The third kappa shape index (κ3) is 2.22. The van der Waals surface area contributed by atoms with Gasteiger partial charge in [0.2, 0.25) is 0 Å². The second-order valence-corrected chi connectivity index (χ2v) is 5.06. The number of hydrogen-bond donors (Lipinski definition) is 1. The minimum absolute atomic E-state index is 0.765. The van der Waals surface area contributed by atoms with Crippen molar-refractivity contribution in [3.8, 4) is 5.75 Å². The first kappa shape index (κ1) is 10.2. The normalized spacial score (nSPS) is 27.8. The van der Waals surface area contributed by atoms with Crippen molar-refractivity contribution in [3.05, 3.63) is 29.8 Å². The number of ether oxygens (including phenoxy) is 1. The average Bonchev–Trinajstić information content (AvgIpc) is 3.19. The summed E-state index contributed by atoms with van der Waals surface area (Å²) in [5, 5.41) is 3.62. The third-order valence-electron chi connectivity index (χ3n) is 3.69. The number of hydrogen-bond acceptors (Lipinski definition) is 2. The maximum atomic E-state index is 5.26. The molecular weight excluding hydrogens is 198 g/mol. The molecule has 0 amide bonds. The second-order valence-electron chi connectivity index (χ2n) is 5.06. The summed E-state index contributed by atoms with van der Waals surface area (Å²) in [4.78, 5) is 0. The topological polar surface area (TPSA) is 21.3 Å². The van der Waals surface area contributed by atoms with Crippen LogP contribution in [0.5, 0.6) is 5.75 Å². The van der Waals surface area contributed by atoms with Crippen LogP contribution in [-0.4, -0.2) is 19.7 Å². The lowest BCUT2D eigenvalue weighted by atomic mass is 10.1. The number of rotatable bonds is 5. The fourth-order valence-corrected chi connectivity index (χ4v) is 2.36.